The first-order valence-electron chi connectivity index (χ1n) is 5.93. The van der Waals surface area contributed by atoms with Crippen LogP contribution < -0.4 is 5.73 Å². The molecule has 0 spiro atoms. The van der Waals surface area contributed by atoms with E-state index in [2.05, 4.69) is 0 Å². The highest BCUT2D eigenvalue weighted by molar-refractivity contribution is 6.31. The zero-order valence-corrected chi connectivity index (χ0v) is 11.0. The van der Waals surface area contributed by atoms with E-state index in [0.717, 1.165) is 11.5 Å². The molecule has 3 aromatic rings. The van der Waals surface area contributed by atoms with Gasteiger partial charge in [0, 0.05) is 16.5 Å². The highest BCUT2D eigenvalue weighted by Gasteiger charge is 2.16. The SMILES string of the molecule is NC(c1cc(F)cc(F)c1)c1cc2cc(Cl)ccc2o1. The lowest BCUT2D eigenvalue weighted by Gasteiger charge is -2.09. The lowest BCUT2D eigenvalue weighted by Crippen LogP contribution is -2.11. The summed E-state index contributed by atoms with van der Waals surface area (Å²) < 4.78 is 32.0. The number of hydrogen-bond acceptors (Lipinski definition) is 2. The summed E-state index contributed by atoms with van der Waals surface area (Å²) in [4.78, 5) is 0. The monoisotopic (exact) mass is 293 g/mol. The average Bonchev–Trinajstić information content (AvgIpc) is 2.79. The number of furan rings is 1. The Morgan fingerprint density at radius 2 is 1.70 bits per heavy atom. The van der Waals surface area contributed by atoms with E-state index in [1.807, 2.05) is 0 Å². The summed E-state index contributed by atoms with van der Waals surface area (Å²) in [7, 11) is 0. The van der Waals surface area contributed by atoms with E-state index in [1.165, 1.54) is 12.1 Å². The highest BCUT2D eigenvalue weighted by Crippen LogP contribution is 2.29. The van der Waals surface area contributed by atoms with Crippen LogP contribution in [0.15, 0.2) is 46.9 Å². The molecule has 0 aliphatic rings. The zero-order valence-electron chi connectivity index (χ0n) is 10.2. The molecule has 0 fully saturated rings. The van der Waals surface area contributed by atoms with Crippen molar-refractivity contribution in [2.24, 2.45) is 5.73 Å². The second-order valence-electron chi connectivity index (χ2n) is 4.51. The largest absolute Gasteiger partial charge is 0.459 e. The van der Waals surface area contributed by atoms with Crippen molar-refractivity contribution >= 4 is 22.6 Å². The van der Waals surface area contributed by atoms with Gasteiger partial charge in [-0.05, 0) is 42.0 Å². The Morgan fingerprint density at radius 3 is 2.40 bits per heavy atom. The van der Waals surface area contributed by atoms with Gasteiger partial charge in [0.2, 0.25) is 0 Å². The van der Waals surface area contributed by atoms with Gasteiger partial charge in [0.15, 0.2) is 0 Å². The third-order valence-corrected chi connectivity index (χ3v) is 3.28. The van der Waals surface area contributed by atoms with Crippen LogP contribution in [-0.4, -0.2) is 0 Å². The number of fused-ring (bicyclic) bond motifs is 1. The topological polar surface area (TPSA) is 39.2 Å². The third-order valence-electron chi connectivity index (χ3n) is 3.05. The van der Waals surface area contributed by atoms with E-state index in [0.29, 0.717) is 21.9 Å². The van der Waals surface area contributed by atoms with Crippen LogP contribution >= 0.6 is 11.6 Å². The molecule has 1 unspecified atom stereocenters. The average molecular weight is 294 g/mol. The quantitative estimate of drug-likeness (QED) is 0.760. The van der Waals surface area contributed by atoms with Gasteiger partial charge in [-0.15, -0.1) is 0 Å². The molecule has 1 atom stereocenters. The molecule has 1 aromatic heterocycles. The van der Waals surface area contributed by atoms with Crippen LogP contribution in [-0.2, 0) is 0 Å². The predicted molar refractivity (Wildman–Crippen MR) is 73.6 cm³/mol. The fourth-order valence-corrected chi connectivity index (χ4v) is 2.29. The van der Waals surface area contributed by atoms with E-state index in [-0.39, 0.29) is 0 Å². The Bertz CT molecular complexity index is 764. The molecule has 2 aromatic carbocycles. The van der Waals surface area contributed by atoms with Crippen molar-refractivity contribution in [2.75, 3.05) is 0 Å². The Labute approximate surface area is 118 Å². The number of rotatable bonds is 2. The molecule has 0 saturated carbocycles. The van der Waals surface area contributed by atoms with E-state index in [1.54, 1.807) is 24.3 Å². The maximum Gasteiger partial charge on any atom is 0.134 e. The second kappa shape index (κ2) is 4.89. The standard InChI is InChI=1S/C15H10ClF2NO/c16-10-1-2-13-8(3-10)6-14(20-13)15(19)9-4-11(17)7-12(18)5-9/h1-7,15H,19H2. The van der Waals surface area contributed by atoms with Crippen LogP contribution in [0.3, 0.4) is 0 Å². The van der Waals surface area contributed by atoms with Gasteiger partial charge in [0.25, 0.3) is 0 Å². The molecule has 0 amide bonds. The van der Waals surface area contributed by atoms with Gasteiger partial charge >= 0.3 is 0 Å². The lowest BCUT2D eigenvalue weighted by molar-refractivity contribution is 0.519. The Hall–Kier alpha value is -1.91. The molecule has 0 aliphatic heterocycles. The fourth-order valence-electron chi connectivity index (χ4n) is 2.11. The molecule has 2 nitrogen and oxygen atoms in total. The van der Waals surface area contributed by atoms with Crippen molar-refractivity contribution in [3.8, 4) is 0 Å². The summed E-state index contributed by atoms with van der Waals surface area (Å²) in [5, 5.41) is 1.37. The van der Waals surface area contributed by atoms with Gasteiger partial charge in [0.05, 0.1) is 6.04 Å². The van der Waals surface area contributed by atoms with Crippen molar-refractivity contribution in [3.63, 3.8) is 0 Å². The van der Waals surface area contributed by atoms with Gasteiger partial charge in [-0.25, -0.2) is 8.78 Å². The Morgan fingerprint density at radius 1 is 1.00 bits per heavy atom. The van der Waals surface area contributed by atoms with Crippen LogP contribution in [0.2, 0.25) is 5.02 Å². The molecule has 3 rings (SSSR count). The van der Waals surface area contributed by atoms with Gasteiger partial charge in [0.1, 0.15) is 23.0 Å². The molecule has 1 heterocycles. The Balaban J connectivity index is 2.05. The number of halogens is 3. The summed E-state index contributed by atoms with van der Waals surface area (Å²) in [6, 6.07) is 9.31. The zero-order chi connectivity index (χ0) is 14.3. The van der Waals surface area contributed by atoms with E-state index in [9.17, 15) is 8.78 Å². The summed E-state index contributed by atoms with van der Waals surface area (Å²) in [6.07, 6.45) is 0. The summed E-state index contributed by atoms with van der Waals surface area (Å²) >= 11 is 5.89. The van der Waals surface area contributed by atoms with Gasteiger partial charge in [-0.3, -0.25) is 0 Å². The second-order valence-corrected chi connectivity index (χ2v) is 4.95. The van der Waals surface area contributed by atoms with Crippen LogP contribution in [0.4, 0.5) is 8.78 Å². The molecule has 20 heavy (non-hydrogen) atoms. The molecule has 0 radical (unpaired) electrons. The van der Waals surface area contributed by atoms with Crippen molar-refractivity contribution in [1.29, 1.82) is 0 Å². The minimum Gasteiger partial charge on any atom is -0.459 e. The number of hydrogen-bond donors (Lipinski definition) is 1. The van der Waals surface area contributed by atoms with Crippen molar-refractivity contribution in [2.45, 2.75) is 6.04 Å². The van der Waals surface area contributed by atoms with Gasteiger partial charge in [-0.2, -0.15) is 0 Å². The van der Waals surface area contributed by atoms with E-state index < -0.39 is 17.7 Å². The van der Waals surface area contributed by atoms with Gasteiger partial charge < -0.3 is 10.2 Å². The predicted octanol–water partition coefficient (Wildman–Crippen LogP) is 4.41. The molecular formula is C15H10ClF2NO. The van der Waals surface area contributed by atoms with E-state index in [4.69, 9.17) is 21.8 Å². The maximum absolute atomic E-state index is 13.2. The summed E-state index contributed by atoms with van der Waals surface area (Å²) in [5.74, 6) is -0.920. The number of benzene rings is 2. The van der Waals surface area contributed by atoms with Crippen LogP contribution in [0.1, 0.15) is 17.4 Å². The molecule has 0 bridgehead atoms. The van der Waals surface area contributed by atoms with Crippen LogP contribution in [0.5, 0.6) is 0 Å². The number of nitrogens with two attached hydrogens (primary N) is 1. The summed E-state index contributed by atoms with van der Waals surface area (Å²) in [6.45, 7) is 0. The smallest absolute Gasteiger partial charge is 0.134 e. The van der Waals surface area contributed by atoms with Gasteiger partial charge in [-0.1, -0.05) is 11.6 Å². The maximum atomic E-state index is 13.2. The summed E-state index contributed by atoms with van der Waals surface area (Å²) in [5.41, 5.74) is 6.93. The van der Waals surface area contributed by atoms with Crippen molar-refractivity contribution < 1.29 is 13.2 Å². The fraction of sp³-hybridized carbons (Fsp3) is 0.0667. The molecule has 0 saturated heterocycles. The molecule has 5 heteroatoms. The van der Waals surface area contributed by atoms with Crippen molar-refractivity contribution in [3.05, 3.63) is 70.4 Å². The first-order chi connectivity index (χ1) is 9.52. The third kappa shape index (κ3) is 2.40. The lowest BCUT2D eigenvalue weighted by atomic mass is 10.0. The molecule has 2 N–H and O–H groups in total. The molecular weight excluding hydrogens is 284 g/mol. The van der Waals surface area contributed by atoms with Crippen LogP contribution in [0.25, 0.3) is 11.0 Å². The van der Waals surface area contributed by atoms with Crippen LogP contribution in [0, 0.1) is 11.6 Å². The molecule has 0 aliphatic carbocycles. The molecule has 102 valence electrons. The minimum atomic E-state index is -0.744. The first kappa shape index (κ1) is 13.1. The first-order valence-corrected chi connectivity index (χ1v) is 6.31. The minimum absolute atomic E-state index is 0.313. The van der Waals surface area contributed by atoms with Crippen molar-refractivity contribution in [1.82, 2.24) is 0 Å². The normalized spacial score (nSPS) is 12.8. The highest BCUT2D eigenvalue weighted by atomic mass is 35.5. The van der Waals surface area contributed by atoms with E-state index >= 15 is 0 Å². The Kier molecular flexibility index (Phi) is 3.20.